The van der Waals surface area contributed by atoms with Gasteiger partial charge in [-0.25, -0.2) is 4.39 Å². The molecule has 0 fully saturated rings. The largest absolute Gasteiger partial charge is 0.207 e. The zero-order chi connectivity index (χ0) is 7.84. The maximum Gasteiger partial charge on any atom is 0.119 e. The van der Waals surface area contributed by atoms with Crippen LogP contribution in [0.1, 0.15) is 17.5 Å². The van der Waals surface area contributed by atoms with E-state index >= 15 is 0 Å². The van der Waals surface area contributed by atoms with Crippen LogP contribution in [0.5, 0.6) is 0 Å². The Morgan fingerprint density at radius 2 is 2.09 bits per heavy atom. The third kappa shape index (κ3) is 0.972. The Morgan fingerprint density at radius 3 is 2.91 bits per heavy atom. The van der Waals surface area contributed by atoms with E-state index in [1.54, 1.807) is 6.07 Å². The minimum atomic E-state index is -0.194. The number of hydrogen-bond acceptors (Lipinski definition) is 0. The summed E-state index contributed by atoms with van der Waals surface area (Å²) in [7, 11) is 5.42. The lowest BCUT2D eigenvalue weighted by atomic mass is 9.92. The second kappa shape index (κ2) is 2.37. The van der Waals surface area contributed by atoms with Crippen molar-refractivity contribution in [2.75, 3.05) is 0 Å². The Balaban J connectivity index is 2.62. The lowest BCUT2D eigenvalue weighted by Gasteiger charge is -2.02. The lowest BCUT2D eigenvalue weighted by molar-refractivity contribution is 0.621. The third-order valence-corrected chi connectivity index (χ3v) is 2.24. The number of benzene rings is 1. The highest BCUT2D eigenvalue weighted by atomic mass is 19.1. The van der Waals surface area contributed by atoms with Crippen LogP contribution in [0.2, 0.25) is 0 Å². The van der Waals surface area contributed by atoms with Gasteiger partial charge >= 0.3 is 0 Å². The molecule has 0 spiro atoms. The van der Waals surface area contributed by atoms with E-state index in [2.05, 4.69) is 0 Å². The first kappa shape index (κ1) is 6.90. The molecule has 2 heteroatoms. The van der Waals surface area contributed by atoms with Gasteiger partial charge in [0, 0.05) is 0 Å². The molecule has 0 aromatic heterocycles. The van der Waals surface area contributed by atoms with Crippen LogP contribution in [0.15, 0.2) is 12.1 Å². The van der Waals surface area contributed by atoms with Crippen LogP contribution >= 0.6 is 0 Å². The number of rotatable bonds is 0. The average Bonchev–Trinajstić information content (AvgIpc) is 2.45. The molecule has 0 unspecified atom stereocenters. The summed E-state index contributed by atoms with van der Waals surface area (Å²) >= 11 is 0. The Morgan fingerprint density at radius 1 is 1.27 bits per heavy atom. The predicted molar refractivity (Wildman–Crippen MR) is 43.8 cm³/mol. The molecule has 1 aliphatic carbocycles. The Hall–Kier alpha value is -0.785. The van der Waals surface area contributed by atoms with Gasteiger partial charge in [0.25, 0.3) is 0 Å². The van der Waals surface area contributed by atoms with E-state index in [0.717, 1.165) is 30.4 Å². The van der Waals surface area contributed by atoms with Gasteiger partial charge in [0.15, 0.2) is 0 Å². The third-order valence-electron chi connectivity index (χ3n) is 2.24. The summed E-state index contributed by atoms with van der Waals surface area (Å²) in [5, 5.41) is 0. The van der Waals surface area contributed by atoms with Crippen molar-refractivity contribution in [2.24, 2.45) is 0 Å². The van der Waals surface area contributed by atoms with E-state index in [4.69, 9.17) is 7.85 Å². The summed E-state index contributed by atoms with van der Waals surface area (Å²) in [6.45, 7) is 0. The fourth-order valence-electron chi connectivity index (χ4n) is 1.64. The minimum Gasteiger partial charge on any atom is -0.207 e. The fourth-order valence-corrected chi connectivity index (χ4v) is 1.64. The van der Waals surface area contributed by atoms with Gasteiger partial charge in [0.1, 0.15) is 13.7 Å². The molecular weight excluding hydrogens is 138 g/mol. The fraction of sp³-hybridized carbons (Fsp3) is 0.333. The van der Waals surface area contributed by atoms with E-state index in [1.807, 2.05) is 6.07 Å². The van der Waals surface area contributed by atoms with Crippen molar-refractivity contribution >= 4 is 13.3 Å². The summed E-state index contributed by atoms with van der Waals surface area (Å²) < 4.78 is 13.2. The summed E-state index contributed by atoms with van der Waals surface area (Å²) in [4.78, 5) is 0. The Labute approximate surface area is 66.8 Å². The molecule has 0 aliphatic heterocycles. The van der Waals surface area contributed by atoms with E-state index < -0.39 is 0 Å². The van der Waals surface area contributed by atoms with Crippen LogP contribution in [0.25, 0.3) is 0 Å². The van der Waals surface area contributed by atoms with Crippen LogP contribution in [-0.4, -0.2) is 7.85 Å². The second-order valence-electron chi connectivity index (χ2n) is 2.96. The maximum atomic E-state index is 13.2. The molecule has 0 atom stereocenters. The zero-order valence-corrected chi connectivity index (χ0v) is 6.23. The molecule has 11 heavy (non-hydrogen) atoms. The van der Waals surface area contributed by atoms with Crippen LogP contribution in [0, 0.1) is 5.82 Å². The van der Waals surface area contributed by atoms with E-state index in [9.17, 15) is 4.39 Å². The van der Waals surface area contributed by atoms with Crippen molar-refractivity contribution in [3.05, 3.63) is 29.1 Å². The molecule has 1 aromatic carbocycles. The van der Waals surface area contributed by atoms with E-state index in [-0.39, 0.29) is 11.3 Å². The van der Waals surface area contributed by atoms with Gasteiger partial charge < -0.3 is 0 Å². The first-order chi connectivity index (χ1) is 5.29. The Kier molecular flexibility index (Phi) is 1.48. The zero-order valence-electron chi connectivity index (χ0n) is 6.23. The van der Waals surface area contributed by atoms with Gasteiger partial charge in [-0.2, -0.15) is 0 Å². The quantitative estimate of drug-likeness (QED) is 0.481. The average molecular weight is 146 g/mol. The highest BCUT2D eigenvalue weighted by molar-refractivity contribution is 6.32. The van der Waals surface area contributed by atoms with Gasteiger partial charge in [0.2, 0.25) is 0 Å². The van der Waals surface area contributed by atoms with Crippen LogP contribution < -0.4 is 5.46 Å². The van der Waals surface area contributed by atoms with Crippen LogP contribution in [0.4, 0.5) is 4.39 Å². The molecule has 0 bridgehead atoms. The number of halogens is 1. The molecule has 0 N–H and O–H groups in total. The summed E-state index contributed by atoms with van der Waals surface area (Å²) in [5.41, 5.74) is 2.26. The van der Waals surface area contributed by atoms with E-state index in [1.165, 1.54) is 0 Å². The number of fused-ring (bicyclic) bond motifs is 1. The summed E-state index contributed by atoms with van der Waals surface area (Å²) in [6, 6.07) is 3.58. The smallest absolute Gasteiger partial charge is 0.119 e. The standard InChI is InChI=1S/C9H8BF/c10-8-5-4-6-2-1-3-7(6)9(8)11/h4-5H,1-3H2. The lowest BCUT2D eigenvalue weighted by Crippen LogP contribution is -2.10. The van der Waals surface area contributed by atoms with Crippen molar-refractivity contribution in [2.45, 2.75) is 19.3 Å². The predicted octanol–water partition coefficient (Wildman–Crippen LogP) is 1.11. The SMILES string of the molecule is [B]c1ccc2c(c1F)CCC2. The van der Waals surface area contributed by atoms with E-state index in [0.29, 0.717) is 0 Å². The van der Waals surface area contributed by atoms with Crippen molar-refractivity contribution < 1.29 is 4.39 Å². The molecule has 1 aliphatic rings. The van der Waals surface area contributed by atoms with Crippen LogP contribution in [-0.2, 0) is 12.8 Å². The van der Waals surface area contributed by atoms with Gasteiger partial charge in [0.05, 0.1) is 0 Å². The number of hydrogen-bond donors (Lipinski definition) is 0. The van der Waals surface area contributed by atoms with Gasteiger partial charge in [-0.3, -0.25) is 0 Å². The minimum absolute atomic E-state index is 0.194. The summed E-state index contributed by atoms with van der Waals surface area (Å²) in [5.74, 6) is -0.194. The molecule has 2 radical (unpaired) electrons. The molecule has 0 amide bonds. The topological polar surface area (TPSA) is 0 Å². The highest BCUT2D eigenvalue weighted by Crippen LogP contribution is 2.22. The molecule has 0 nitrogen and oxygen atoms in total. The van der Waals surface area contributed by atoms with Crippen molar-refractivity contribution in [3.8, 4) is 0 Å². The normalized spacial score (nSPS) is 15.0. The molecule has 1 aromatic rings. The first-order valence-corrected chi connectivity index (χ1v) is 3.85. The highest BCUT2D eigenvalue weighted by Gasteiger charge is 2.15. The molecular formula is C9H8BF. The summed E-state index contributed by atoms with van der Waals surface area (Å²) in [6.07, 6.45) is 2.93. The molecule has 54 valence electrons. The first-order valence-electron chi connectivity index (χ1n) is 3.85. The van der Waals surface area contributed by atoms with Gasteiger partial charge in [-0.05, 0) is 30.4 Å². The van der Waals surface area contributed by atoms with Gasteiger partial charge in [-0.15, -0.1) is 0 Å². The molecule has 0 heterocycles. The van der Waals surface area contributed by atoms with Crippen LogP contribution in [0.3, 0.4) is 0 Å². The van der Waals surface area contributed by atoms with Crippen molar-refractivity contribution in [3.63, 3.8) is 0 Å². The monoisotopic (exact) mass is 146 g/mol. The van der Waals surface area contributed by atoms with Crippen molar-refractivity contribution in [1.29, 1.82) is 0 Å². The number of aryl methyl sites for hydroxylation is 1. The Bertz CT molecular complexity index is 294. The molecule has 2 rings (SSSR count). The second-order valence-corrected chi connectivity index (χ2v) is 2.96. The molecule has 0 saturated carbocycles. The molecule has 0 saturated heterocycles. The van der Waals surface area contributed by atoms with Crippen molar-refractivity contribution in [1.82, 2.24) is 0 Å². The van der Waals surface area contributed by atoms with Gasteiger partial charge in [-0.1, -0.05) is 17.6 Å². The maximum absolute atomic E-state index is 13.2.